The molecule has 1 nitrogen and oxygen atoms in total. The van der Waals surface area contributed by atoms with E-state index in [1.165, 1.54) is 6.08 Å². The van der Waals surface area contributed by atoms with Gasteiger partial charge in [0.05, 0.1) is 6.33 Å². The minimum absolute atomic E-state index is 0.208. The van der Waals surface area contributed by atoms with Crippen LogP contribution in [0.2, 0.25) is 0 Å². The van der Waals surface area contributed by atoms with E-state index in [4.69, 9.17) is 5.11 Å². The lowest BCUT2D eigenvalue weighted by Gasteiger charge is -1.87. The number of halogens is 1. The summed E-state index contributed by atoms with van der Waals surface area (Å²) >= 11 is 0. The van der Waals surface area contributed by atoms with Gasteiger partial charge in [0.1, 0.15) is 0 Å². The molecular weight excluding hydrogens is 107 g/mol. The van der Waals surface area contributed by atoms with Crippen molar-refractivity contribution in [1.29, 1.82) is 0 Å². The van der Waals surface area contributed by atoms with Crippen LogP contribution in [0.15, 0.2) is 12.4 Å². The van der Waals surface area contributed by atoms with Gasteiger partial charge in [-0.05, 0) is 19.3 Å². The number of allylic oxidation sites excluding steroid dienone is 1. The van der Waals surface area contributed by atoms with Gasteiger partial charge in [-0.25, -0.2) is 4.39 Å². The van der Waals surface area contributed by atoms with Gasteiger partial charge in [0.15, 0.2) is 0 Å². The molecule has 0 unspecified atom stereocenters. The van der Waals surface area contributed by atoms with E-state index in [-0.39, 0.29) is 6.61 Å². The van der Waals surface area contributed by atoms with Crippen molar-refractivity contribution < 1.29 is 9.50 Å². The van der Waals surface area contributed by atoms with Crippen LogP contribution in [0.1, 0.15) is 19.3 Å². The SMILES string of the molecule is OCCCCC=CF. The molecular formula is C6H11FO. The van der Waals surface area contributed by atoms with Crippen LogP contribution in [-0.4, -0.2) is 11.7 Å². The van der Waals surface area contributed by atoms with Gasteiger partial charge in [-0.15, -0.1) is 0 Å². The van der Waals surface area contributed by atoms with Crippen LogP contribution in [0.25, 0.3) is 0 Å². The standard InChI is InChI=1S/C6H11FO/c7-5-3-1-2-4-6-8/h3,5,8H,1-2,4,6H2. The molecule has 0 bridgehead atoms. The van der Waals surface area contributed by atoms with Crippen LogP contribution in [0, 0.1) is 0 Å². The second kappa shape index (κ2) is 6.63. The monoisotopic (exact) mass is 118 g/mol. The smallest absolute Gasteiger partial charge is 0.0827 e. The van der Waals surface area contributed by atoms with Gasteiger partial charge in [-0.1, -0.05) is 6.08 Å². The maximum absolute atomic E-state index is 11.2. The van der Waals surface area contributed by atoms with Crippen molar-refractivity contribution in [3.05, 3.63) is 12.4 Å². The molecule has 0 aromatic carbocycles. The largest absolute Gasteiger partial charge is 0.396 e. The lowest BCUT2D eigenvalue weighted by atomic mass is 10.2. The summed E-state index contributed by atoms with van der Waals surface area (Å²) in [6.07, 6.45) is 4.37. The Morgan fingerprint density at radius 3 is 2.62 bits per heavy atom. The zero-order valence-corrected chi connectivity index (χ0v) is 4.81. The highest BCUT2D eigenvalue weighted by atomic mass is 19.1. The lowest BCUT2D eigenvalue weighted by Crippen LogP contribution is -1.79. The van der Waals surface area contributed by atoms with E-state index in [0.29, 0.717) is 6.33 Å². The Bertz CT molecular complexity index is 61.5. The number of hydrogen-bond donors (Lipinski definition) is 1. The molecule has 0 fully saturated rings. The zero-order valence-electron chi connectivity index (χ0n) is 4.81. The first-order valence-electron chi connectivity index (χ1n) is 2.78. The Morgan fingerprint density at radius 1 is 1.38 bits per heavy atom. The van der Waals surface area contributed by atoms with Crippen LogP contribution >= 0.6 is 0 Å². The molecule has 0 atom stereocenters. The highest BCUT2D eigenvalue weighted by Crippen LogP contribution is 1.94. The predicted octanol–water partition coefficient (Wildman–Crippen LogP) is 1.63. The molecule has 0 aliphatic carbocycles. The number of rotatable bonds is 4. The molecule has 0 aliphatic heterocycles. The maximum atomic E-state index is 11.2. The van der Waals surface area contributed by atoms with E-state index in [1.54, 1.807) is 0 Å². The Morgan fingerprint density at radius 2 is 2.12 bits per heavy atom. The van der Waals surface area contributed by atoms with Crippen LogP contribution < -0.4 is 0 Å². The van der Waals surface area contributed by atoms with Crippen LogP contribution in [0.3, 0.4) is 0 Å². The lowest BCUT2D eigenvalue weighted by molar-refractivity contribution is 0.285. The highest BCUT2D eigenvalue weighted by molar-refractivity contribution is 4.70. The Balaban J connectivity index is 2.72. The van der Waals surface area contributed by atoms with Gasteiger partial charge in [0, 0.05) is 6.61 Å². The molecule has 0 amide bonds. The van der Waals surface area contributed by atoms with Gasteiger partial charge in [0.2, 0.25) is 0 Å². The Hall–Kier alpha value is -0.370. The average Bonchev–Trinajstić information content (AvgIpc) is 1.81. The summed E-state index contributed by atoms with van der Waals surface area (Å²) in [5, 5.41) is 8.25. The molecule has 0 saturated carbocycles. The average molecular weight is 118 g/mol. The third-order valence-electron chi connectivity index (χ3n) is 0.868. The molecule has 0 heterocycles. The molecule has 0 spiro atoms. The third kappa shape index (κ3) is 5.63. The fourth-order valence-corrected chi connectivity index (χ4v) is 0.437. The minimum atomic E-state index is 0.208. The van der Waals surface area contributed by atoms with Gasteiger partial charge in [-0.2, -0.15) is 0 Å². The van der Waals surface area contributed by atoms with Crippen molar-refractivity contribution in [3.63, 3.8) is 0 Å². The van der Waals surface area contributed by atoms with E-state index < -0.39 is 0 Å². The minimum Gasteiger partial charge on any atom is -0.396 e. The molecule has 0 aromatic rings. The van der Waals surface area contributed by atoms with E-state index in [0.717, 1.165) is 19.3 Å². The fourth-order valence-electron chi connectivity index (χ4n) is 0.437. The topological polar surface area (TPSA) is 20.2 Å². The quantitative estimate of drug-likeness (QED) is 0.556. The van der Waals surface area contributed by atoms with E-state index in [2.05, 4.69) is 0 Å². The molecule has 1 N–H and O–H groups in total. The summed E-state index contributed by atoms with van der Waals surface area (Å²) in [6.45, 7) is 0.208. The van der Waals surface area contributed by atoms with E-state index in [1.807, 2.05) is 0 Å². The predicted molar refractivity (Wildman–Crippen MR) is 31.2 cm³/mol. The Labute approximate surface area is 48.8 Å². The van der Waals surface area contributed by atoms with Crippen LogP contribution in [-0.2, 0) is 0 Å². The first-order valence-corrected chi connectivity index (χ1v) is 2.78. The molecule has 2 heteroatoms. The van der Waals surface area contributed by atoms with Crippen molar-refractivity contribution in [2.24, 2.45) is 0 Å². The molecule has 0 radical (unpaired) electrons. The maximum Gasteiger partial charge on any atom is 0.0827 e. The highest BCUT2D eigenvalue weighted by Gasteiger charge is 1.80. The van der Waals surface area contributed by atoms with E-state index >= 15 is 0 Å². The van der Waals surface area contributed by atoms with Crippen molar-refractivity contribution in [2.75, 3.05) is 6.61 Å². The number of aliphatic hydroxyl groups is 1. The number of aliphatic hydroxyl groups excluding tert-OH is 1. The van der Waals surface area contributed by atoms with Crippen molar-refractivity contribution in [2.45, 2.75) is 19.3 Å². The molecule has 0 aromatic heterocycles. The summed E-state index contributed by atoms with van der Waals surface area (Å²) in [5.41, 5.74) is 0. The van der Waals surface area contributed by atoms with Gasteiger partial charge in [0.25, 0.3) is 0 Å². The summed E-state index contributed by atoms with van der Waals surface area (Å²) in [5.74, 6) is 0. The second-order valence-electron chi connectivity index (χ2n) is 1.58. The molecule has 0 rings (SSSR count). The van der Waals surface area contributed by atoms with Crippen molar-refractivity contribution in [1.82, 2.24) is 0 Å². The van der Waals surface area contributed by atoms with Crippen molar-refractivity contribution in [3.8, 4) is 0 Å². The van der Waals surface area contributed by atoms with Crippen LogP contribution in [0.5, 0.6) is 0 Å². The summed E-state index contributed by atoms with van der Waals surface area (Å²) in [4.78, 5) is 0. The normalized spacial score (nSPS) is 10.8. The van der Waals surface area contributed by atoms with Crippen molar-refractivity contribution >= 4 is 0 Å². The molecule has 8 heavy (non-hydrogen) atoms. The molecule has 48 valence electrons. The first kappa shape index (κ1) is 7.63. The van der Waals surface area contributed by atoms with Gasteiger partial charge >= 0.3 is 0 Å². The number of hydrogen-bond acceptors (Lipinski definition) is 1. The zero-order chi connectivity index (χ0) is 6.24. The Kier molecular flexibility index (Phi) is 6.32. The summed E-state index contributed by atoms with van der Waals surface area (Å²) < 4.78 is 11.2. The first-order chi connectivity index (χ1) is 3.91. The summed E-state index contributed by atoms with van der Waals surface area (Å²) in [6, 6.07) is 0. The fraction of sp³-hybridized carbons (Fsp3) is 0.667. The molecule has 0 aliphatic rings. The molecule has 0 saturated heterocycles. The van der Waals surface area contributed by atoms with Crippen LogP contribution in [0.4, 0.5) is 4.39 Å². The van der Waals surface area contributed by atoms with Gasteiger partial charge in [-0.3, -0.25) is 0 Å². The second-order valence-corrected chi connectivity index (χ2v) is 1.58. The van der Waals surface area contributed by atoms with E-state index in [9.17, 15) is 4.39 Å². The van der Waals surface area contributed by atoms with Gasteiger partial charge < -0.3 is 5.11 Å². The summed E-state index contributed by atoms with van der Waals surface area (Å²) in [7, 11) is 0. The third-order valence-corrected chi connectivity index (χ3v) is 0.868. The number of unbranched alkanes of at least 4 members (excludes halogenated alkanes) is 2.